The summed E-state index contributed by atoms with van der Waals surface area (Å²) in [5, 5.41) is 0. The quantitative estimate of drug-likeness (QED) is 0.795. The van der Waals surface area contributed by atoms with Crippen molar-refractivity contribution in [2.75, 3.05) is 13.1 Å². The Morgan fingerprint density at radius 2 is 1.86 bits per heavy atom. The number of halogens is 6. The minimum absolute atomic E-state index is 0.132. The van der Waals surface area contributed by atoms with Gasteiger partial charge >= 0.3 is 12.4 Å². The topological polar surface area (TPSA) is 33.5 Å². The van der Waals surface area contributed by atoms with Crippen LogP contribution in [0.3, 0.4) is 0 Å². The SMILES string of the molecule is O=C(CCc1ccco1)N1CCC(C(F)(F)F)(C(F)(F)F)C1. The molecule has 0 saturated carbocycles. The summed E-state index contributed by atoms with van der Waals surface area (Å²) in [5.74, 6) is -0.294. The minimum atomic E-state index is -5.44. The maximum Gasteiger partial charge on any atom is 0.404 e. The van der Waals surface area contributed by atoms with Crippen molar-refractivity contribution in [1.82, 2.24) is 4.90 Å². The number of amides is 1. The van der Waals surface area contributed by atoms with Crippen LogP contribution in [0, 0.1) is 5.41 Å². The summed E-state index contributed by atoms with van der Waals surface area (Å²) in [5.41, 5.74) is -3.83. The predicted molar refractivity (Wildman–Crippen MR) is 62.8 cm³/mol. The van der Waals surface area contributed by atoms with Crippen LogP contribution in [0.2, 0.25) is 0 Å². The fraction of sp³-hybridized carbons (Fsp3) is 0.615. The number of aryl methyl sites for hydroxylation is 1. The molecule has 1 aliphatic rings. The van der Waals surface area contributed by atoms with Gasteiger partial charge in [-0.05, 0) is 18.6 Å². The Morgan fingerprint density at radius 3 is 2.32 bits per heavy atom. The van der Waals surface area contributed by atoms with Crippen LogP contribution >= 0.6 is 0 Å². The number of hydrogen-bond acceptors (Lipinski definition) is 2. The maximum atomic E-state index is 12.9. The molecule has 0 spiro atoms. The summed E-state index contributed by atoms with van der Waals surface area (Å²) < 4.78 is 82.3. The van der Waals surface area contributed by atoms with Crippen molar-refractivity contribution in [3.05, 3.63) is 24.2 Å². The molecule has 2 rings (SSSR count). The molecule has 0 aliphatic carbocycles. The van der Waals surface area contributed by atoms with Gasteiger partial charge in [0.1, 0.15) is 5.76 Å². The molecule has 1 aromatic rings. The van der Waals surface area contributed by atoms with Crippen LogP contribution in [0.1, 0.15) is 18.6 Å². The van der Waals surface area contributed by atoms with E-state index in [1.165, 1.54) is 6.26 Å². The van der Waals surface area contributed by atoms with Gasteiger partial charge in [0.2, 0.25) is 5.91 Å². The Balaban J connectivity index is 2.05. The van der Waals surface area contributed by atoms with Crippen LogP contribution in [0.4, 0.5) is 26.3 Å². The minimum Gasteiger partial charge on any atom is -0.469 e. The van der Waals surface area contributed by atoms with Crippen molar-refractivity contribution in [3.63, 3.8) is 0 Å². The highest BCUT2D eigenvalue weighted by Crippen LogP contribution is 2.55. The third-order valence-corrected chi connectivity index (χ3v) is 3.87. The van der Waals surface area contributed by atoms with E-state index < -0.39 is 43.2 Å². The lowest BCUT2D eigenvalue weighted by atomic mass is 9.85. The molecule has 2 heterocycles. The highest BCUT2D eigenvalue weighted by atomic mass is 19.4. The van der Waals surface area contributed by atoms with Crippen LogP contribution in [0.25, 0.3) is 0 Å². The zero-order chi connectivity index (χ0) is 16.6. The molecule has 0 bridgehead atoms. The van der Waals surface area contributed by atoms with Gasteiger partial charge in [0, 0.05) is 25.9 Å². The Kier molecular flexibility index (Phi) is 4.18. The molecule has 0 unspecified atom stereocenters. The summed E-state index contributed by atoms with van der Waals surface area (Å²) in [6, 6.07) is 3.15. The van der Waals surface area contributed by atoms with E-state index in [0.29, 0.717) is 10.7 Å². The van der Waals surface area contributed by atoms with Crippen LogP contribution in [0.15, 0.2) is 22.8 Å². The summed E-state index contributed by atoms with van der Waals surface area (Å²) in [6.07, 6.45) is -10.7. The second-order valence-electron chi connectivity index (χ2n) is 5.22. The number of carbonyl (C=O) groups is 1. The van der Waals surface area contributed by atoms with E-state index in [1.807, 2.05) is 0 Å². The first-order valence-corrected chi connectivity index (χ1v) is 6.50. The molecule has 9 heteroatoms. The molecule has 0 radical (unpaired) electrons. The lowest BCUT2D eigenvalue weighted by Gasteiger charge is -2.33. The molecule has 1 fully saturated rings. The van der Waals surface area contributed by atoms with Crippen molar-refractivity contribution >= 4 is 5.91 Å². The monoisotopic (exact) mass is 329 g/mol. The second kappa shape index (κ2) is 5.51. The first kappa shape index (κ1) is 16.7. The van der Waals surface area contributed by atoms with E-state index >= 15 is 0 Å². The van der Waals surface area contributed by atoms with Gasteiger partial charge in [-0.25, -0.2) is 0 Å². The largest absolute Gasteiger partial charge is 0.469 e. The smallest absolute Gasteiger partial charge is 0.404 e. The standard InChI is InChI=1S/C13H13F6NO2/c14-12(15,16)11(13(17,18)19)5-6-20(8-11)10(21)4-3-9-2-1-7-22-9/h1-2,7H,3-6,8H2. The first-order valence-electron chi connectivity index (χ1n) is 6.50. The summed E-state index contributed by atoms with van der Waals surface area (Å²) >= 11 is 0. The van der Waals surface area contributed by atoms with Crippen molar-refractivity contribution in [1.29, 1.82) is 0 Å². The number of rotatable bonds is 3. The van der Waals surface area contributed by atoms with Crippen molar-refractivity contribution in [3.8, 4) is 0 Å². The van der Waals surface area contributed by atoms with Gasteiger partial charge in [-0.3, -0.25) is 4.79 Å². The van der Waals surface area contributed by atoms with Gasteiger partial charge in [0.25, 0.3) is 0 Å². The molecule has 0 aromatic carbocycles. The van der Waals surface area contributed by atoms with Gasteiger partial charge in [0.05, 0.1) is 6.26 Å². The van der Waals surface area contributed by atoms with Gasteiger partial charge < -0.3 is 9.32 Å². The van der Waals surface area contributed by atoms with E-state index in [4.69, 9.17) is 4.42 Å². The van der Waals surface area contributed by atoms with E-state index in [-0.39, 0.29) is 12.8 Å². The normalized spacial score (nSPS) is 18.7. The number of carbonyl (C=O) groups excluding carboxylic acids is 1. The molecular formula is C13H13F6NO2. The fourth-order valence-electron chi connectivity index (χ4n) is 2.49. The van der Waals surface area contributed by atoms with Gasteiger partial charge in [-0.15, -0.1) is 0 Å². The molecule has 1 amide bonds. The third-order valence-electron chi connectivity index (χ3n) is 3.87. The molecule has 3 nitrogen and oxygen atoms in total. The van der Waals surface area contributed by atoms with Gasteiger partial charge in [-0.2, -0.15) is 26.3 Å². The Hall–Kier alpha value is -1.67. The number of nitrogens with zero attached hydrogens (tertiary/aromatic N) is 1. The predicted octanol–water partition coefficient (Wildman–Crippen LogP) is 3.56. The highest BCUT2D eigenvalue weighted by molar-refractivity contribution is 5.76. The molecule has 1 saturated heterocycles. The highest BCUT2D eigenvalue weighted by Gasteiger charge is 2.72. The lowest BCUT2D eigenvalue weighted by molar-refractivity contribution is -0.334. The second-order valence-corrected chi connectivity index (χ2v) is 5.22. The van der Waals surface area contributed by atoms with Crippen molar-refractivity contribution in [2.24, 2.45) is 5.41 Å². The van der Waals surface area contributed by atoms with E-state index in [0.717, 1.165) is 0 Å². The number of alkyl halides is 6. The van der Waals surface area contributed by atoms with Gasteiger partial charge in [-0.1, -0.05) is 0 Å². The Labute approximate surface area is 121 Å². The summed E-state index contributed by atoms with van der Waals surface area (Å²) in [7, 11) is 0. The number of furan rings is 1. The maximum absolute atomic E-state index is 12.9. The van der Waals surface area contributed by atoms with Crippen LogP contribution < -0.4 is 0 Å². The average Bonchev–Trinajstić information content (AvgIpc) is 3.03. The number of likely N-dealkylation sites (tertiary alicyclic amines) is 1. The molecule has 22 heavy (non-hydrogen) atoms. The van der Waals surface area contributed by atoms with Crippen molar-refractivity contribution in [2.45, 2.75) is 31.6 Å². The fourth-order valence-corrected chi connectivity index (χ4v) is 2.49. The summed E-state index contributed by atoms with van der Waals surface area (Å²) in [4.78, 5) is 12.5. The molecule has 1 aromatic heterocycles. The molecule has 1 aliphatic heterocycles. The Morgan fingerprint density at radius 1 is 1.23 bits per heavy atom. The molecule has 0 N–H and O–H groups in total. The molecule has 0 atom stereocenters. The average molecular weight is 329 g/mol. The Bertz CT molecular complexity index is 506. The van der Waals surface area contributed by atoms with Gasteiger partial charge in [0.15, 0.2) is 5.41 Å². The zero-order valence-corrected chi connectivity index (χ0v) is 11.3. The molecular weight excluding hydrogens is 316 g/mol. The van der Waals surface area contributed by atoms with Crippen LogP contribution in [-0.2, 0) is 11.2 Å². The molecule has 124 valence electrons. The van der Waals surface area contributed by atoms with E-state index in [9.17, 15) is 31.1 Å². The third kappa shape index (κ3) is 2.93. The van der Waals surface area contributed by atoms with Crippen LogP contribution in [-0.4, -0.2) is 36.2 Å². The zero-order valence-electron chi connectivity index (χ0n) is 11.3. The first-order chi connectivity index (χ1) is 10.1. The summed E-state index contributed by atoms with van der Waals surface area (Å²) in [6.45, 7) is -1.94. The number of hydrogen-bond donors (Lipinski definition) is 0. The van der Waals surface area contributed by atoms with Crippen LogP contribution in [0.5, 0.6) is 0 Å². The van der Waals surface area contributed by atoms with E-state index in [1.54, 1.807) is 12.1 Å². The van der Waals surface area contributed by atoms with Crippen molar-refractivity contribution < 1.29 is 35.6 Å². The van der Waals surface area contributed by atoms with E-state index in [2.05, 4.69) is 0 Å². The lowest BCUT2D eigenvalue weighted by Crippen LogP contribution is -2.52.